The number of rotatable bonds is 6. The van der Waals surface area contributed by atoms with Crippen molar-refractivity contribution in [1.82, 2.24) is 29.4 Å². The highest BCUT2D eigenvalue weighted by Crippen LogP contribution is 2.25. The molecule has 3 heterocycles. The first-order valence-electron chi connectivity index (χ1n) is 10.3. The van der Waals surface area contributed by atoms with E-state index >= 15 is 0 Å². The van der Waals surface area contributed by atoms with E-state index in [4.69, 9.17) is 5.41 Å². The van der Waals surface area contributed by atoms with E-state index in [9.17, 15) is 4.79 Å². The second kappa shape index (κ2) is 8.97. The van der Waals surface area contributed by atoms with Gasteiger partial charge in [-0.05, 0) is 55.3 Å². The Morgan fingerprint density at radius 1 is 1.09 bits per heavy atom. The fraction of sp³-hybridized carbons (Fsp3) is 0.208. The highest BCUT2D eigenvalue weighted by Gasteiger charge is 2.13. The molecule has 0 aliphatic carbocycles. The molecule has 3 aromatic heterocycles. The van der Waals surface area contributed by atoms with Crippen LogP contribution in [0.1, 0.15) is 33.0 Å². The molecule has 0 aliphatic heterocycles. The number of nitrogens with zero attached hydrogens (tertiary/aromatic N) is 5. The summed E-state index contributed by atoms with van der Waals surface area (Å²) in [6.45, 7) is 4.64. The second-order valence-corrected chi connectivity index (χ2v) is 7.75. The summed E-state index contributed by atoms with van der Waals surface area (Å²) in [7, 11) is 1.84. The molecule has 1 amide bonds. The Hall–Kier alpha value is -4.07. The van der Waals surface area contributed by atoms with E-state index in [1.165, 1.54) is 6.33 Å². The Morgan fingerprint density at radius 3 is 2.66 bits per heavy atom. The number of carbonyl (C=O) groups excluding carboxylic acids is 1. The SMILES string of the molecule is Cc1cc(CNC(=O)c2cc(Cn3ccn(C)c3=N)cc(-c3cccnc3C)c2)ncn1. The lowest BCUT2D eigenvalue weighted by Gasteiger charge is -2.12. The quantitative estimate of drug-likeness (QED) is 0.494. The van der Waals surface area contributed by atoms with E-state index in [-0.39, 0.29) is 5.91 Å². The molecule has 0 saturated heterocycles. The number of nitrogens with one attached hydrogen (secondary N) is 2. The van der Waals surface area contributed by atoms with E-state index in [1.807, 2.05) is 74.3 Å². The molecule has 8 heteroatoms. The molecule has 1 aromatic carbocycles. The van der Waals surface area contributed by atoms with Gasteiger partial charge in [0.05, 0.1) is 18.8 Å². The van der Waals surface area contributed by atoms with Crippen LogP contribution in [0.3, 0.4) is 0 Å². The van der Waals surface area contributed by atoms with Crippen LogP contribution in [0, 0.1) is 19.3 Å². The van der Waals surface area contributed by atoms with Gasteiger partial charge in [0.2, 0.25) is 5.62 Å². The Morgan fingerprint density at radius 2 is 1.94 bits per heavy atom. The molecule has 2 N–H and O–H groups in total. The molecule has 0 radical (unpaired) electrons. The van der Waals surface area contributed by atoms with Crippen LogP contribution in [0.25, 0.3) is 11.1 Å². The molecule has 162 valence electrons. The van der Waals surface area contributed by atoms with Gasteiger partial charge in [-0.3, -0.25) is 15.2 Å². The lowest BCUT2D eigenvalue weighted by molar-refractivity contribution is 0.0950. The molecule has 4 rings (SSSR count). The van der Waals surface area contributed by atoms with Crippen molar-refractivity contribution in [2.75, 3.05) is 0 Å². The summed E-state index contributed by atoms with van der Waals surface area (Å²) in [5.74, 6) is -0.185. The fourth-order valence-electron chi connectivity index (χ4n) is 3.59. The predicted molar refractivity (Wildman–Crippen MR) is 121 cm³/mol. The normalized spacial score (nSPS) is 10.8. The molecule has 0 atom stereocenters. The van der Waals surface area contributed by atoms with Crippen LogP contribution in [-0.2, 0) is 20.1 Å². The summed E-state index contributed by atoms with van der Waals surface area (Å²) >= 11 is 0. The molecule has 0 bridgehead atoms. The van der Waals surface area contributed by atoms with Gasteiger partial charge in [-0.15, -0.1) is 0 Å². The van der Waals surface area contributed by atoms with Crippen LogP contribution in [0.2, 0.25) is 0 Å². The zero-order valence-corrected chi connectivity index (χ0v) is 18.3. The number of aromatic nitrogens is 5. The minimum atomic E-state index is -0.185. The number of aryl methyl sites for hydroxylation is 3. The Balaban J connectivity index is 1.67. The van der Waals surface area contributed by atoms with E-state index in [0.717, 1.165) is 33.8 Å². The van der Waals surface area contributed by atoms with Crippen LogP contribution in [-0.4, -0.2) is 30.0 Å². The maximum atomic E-state index is 13.0. The van der Waals surface area contributed by atoms with E-state index in [2.05, 4.69) is 20.3 Å². The molecule has 8 nitrogen and oxygen atoms in total. The van der Waals surface area contributed by atoms with Gasteiger partial charge in [0, 0.05) is 48.2 Å². The van der Waals surface area contributed by atoms with Gasteiger partial charge in [-0.1, -0.05) is 6.07 Å². The number of imidazole rings is 1. The van der Waals surface area contributed by atoms with Crippen LogP contribution < -0.4 is 10.9 Å². The molecule has 32 heavy (non-hydrogen) atoms. The summed E-state index contributed by atoms with van der Waals surface area (Å²) < 4.78 is 3.58. The van der Waals surface area contributed by atoms with E-state index in [1.54, 1.807) is 10.8 Å². The first-order chi connectivity index (χ1) is 15.4. The zero-order chi connectivity index (χ0) is 22.7. The number of amides is 1. The monoisotopic (exact) mass is 427 g/mol. The molecule has 0 fully saturated rings. The van der Waals surface area contributed by atoms with Crippen LogP contribution in [0.5, 0.6) is 0 Å². The predicted octanol–water partition coefficient (Wildman–Crippen LogP) is 2.75. The third-order valence-corrected chi connectivity index (χ3v) is 5.29. The molecule has 0 spiro atoms. The van der Waals surface area contributed by atoms with Crippen molar-refractivity contribution in [3.63, 3.8) is 0 Å². The van der Waals surface area contributed by atoms with Crippen molar-refractivity contribution < 1.29 is 4.79 Å². The smallest absolute Gasteiger partial charge is 0.251 e. The third kappa shape index (κ3) is 4.64. The first kappa shape index (κ1) is 21.2. The molecule has 0 unspecified atom stereocenters. The topological polar surface area (TPSA) is 101 Å². The van der Waals surface area contributed by atoms with Crippen molar-refractivity contribution in [3.05, 3.63) is 95.1 Å². The van der Waals surface area contributed by atoms with Crippen molar-refractivity contribution in [2.24, 2.45) is 7.05 Å². The molecule has 0 saturated carbocycles. The number of benzene rings is 1. The molecular formula is C24H25N7O. The Bertz CT molecular complexity index is 1340. The maximum Gasteiger partial charge on any atom is 0.251 e. The highest BCUT2D eigenvalue weighted by atomic mass is 16.1. The first-order valence-corrected chi connectivity index (χ1v) is 10.3. The summed E-state index contributed by atoms with van der Waals surface area (Å²) in [6, 6.07) is 11.5. The standard InChI is InChI=1S/C24H25N7O/c1-16-9-21(29-15-28-16)13-27-23(32)20-11-18(14-31-8-7-30(3)24(31)25)10-19(12-20)22-5-4-6-26-17(22)2/h4-12,15,25H,13-14H2,1-3H3,(H,27,32). The number of carbonyl (C=O) groups is 1. The Labute approximate surface area is 186 Å². The van der Waals surface area contributed by atoms with Gasteiger partial charge >= 0.3 is 0 Å². The fourth-order valence-corrected chi connectivity index (χ4v) is 3.59. The van der Waals surface area contributed by atoms with E-state index < -0.39 is 0 Å². The molecule has 0 aliphatic rings. The average Bonchev–Trinajstić information content (AvgIpc) is 3.09. The summed E-state index contributed by atoms with van der Waals surface area (Å²) in [5.41, 5.74) is 6.25. The van der Waals surface area contributed by atoms with Gasteiger partial charge in [0.15, 0.2) is 0 Å². The van der Waals surface area contributed by atoms with Gasteiger partial charge in [0.25, 0.3) is 5.91 Å². The minimum Gasteiger partial charge on any atom is -0.346 e. The summed E-state index contributed by atoms with van der Waals surface area (Å²) in [6.07, 6.45) is 6.96. The van der Waals surface area contributed by atoms with Crippen molar-refractivity contribution in [1.29, 1.82) is 5.41 Å². The number of hydrogen-bond acceptors (Lipinski definition) is 5. The van der Waals surface area contributed by atoms with Crippen LogP contribution >= 0.6 is 0 Å². The Kier molecular flexibility index (Phi) is 5.93. The zero-order valence-electron chi connectivity index (χ0n) is 18.3. The van der Waals surface area contributed by atoms with Crippen molar-refractivity contribution in [3.8, 4) is 11.1 Å². The number of pyridine rings is 1. The lowest BCUT2D eigenvalue weighted by atomic mass is 9.98. The van der Waals surface area contributed by atoms with Crippen LogP contribution in [0.15, 0.2) is 61.3 Å². The van der Waals surface area contributed by atoms with Crippen molar-refractivity contribution >= 4 is 5.91 Å². The summed E-state index contributed by atoms with van der Waals surface area (Å²) in [5, 5.41) is 11.2. The minimum absolute atomic E-state index is 0.185. The van der Waals surface area contributed by atoms with E-state index in [0.29, 0.717) is 24.3 Å². The molecular weight excluding hydrogens is 402 g/mol. The number of hydrogen-bond donors (Lipinski definition) is 2. The molecule has 4 aromatic rings. The second-order valence-electron chi connectivity index (χ2n) is 7.75. The van der Waals surface area contributed by atoms with Gasteiger partial charge < -0.3 is 14.5 Å². The van der Waals surface area contributed by atoms with Gasteiger partial charge in [0.1, 0.15) is 6.33 Å². The average molecular weight is 428 g/mol. The van der Waals surface area contributed by atoms with Gasteiger partial charge in [-0.2, -0.15) is 0 Å². The van der Waals surface area contributed by atoms with Crippen molar-refractivity contribution in [2.45, 2.75) is 26.9 Å². The van der Waals surface area contributed by atoms with Gasteiger partial charge in [-0.25, -0.2) is 9.97 Å². The highest BCUT2D eigenvalue weighted by molar-refractivity contribution is 5.95. The largest absolute Gasteiger partial charge is 0.346 e. The third-order valence-electron chi connectivity index (χ3n) is 5.29. The van der Waals surface area contributed by atoms with Crippen LogP contribution in [0.4, 0.5) is 0 Å². The lowest BCUT2D eigenvalue weighted by Crippen LogP contribution is -2.24. The maximum absolute atomic E-state index is 13.0. The summed E-state index contributed by atoms with van der Waals surface area (Å²) in [4.78, 5) is 25.7.